The van der Waals surface area contributed by atoms with Gasteiger partial charge in [-0.25, -0.2) is 4.79 Å². The maximum atomic E-state index is 11.8. The van der Waals surface area contributed by atoms with Crippen molar-refractivity contribution in [2.24, 2.45) is 0 Å². The Bertz CT molecular complexity index is 1220. The Balaban J connectivity index is 0.00000180. The zero-order chi connectivity index (χ0) is 23.7. The quantitative estimate of drug-likeness (QED) is 0.327. The lowest BCUT2D eigenvalue weighted by molar-refractivity contribution is 0.159. The number of likely N-dealkylation sites (N-methyl/N-ethyl adjacent to an activating group) is 1. The lowest BCUT2D eigenvalue weighted by atomic mass is 10.1. The van der Waals surface area contributed by atoms with Gasteiger partial charge in [-0.1, -0.05) is 25.6 Å². The minimum Gasteiger partial charge on any atom is -0.497 e. The number of aromatic nitrogens is 2. The van der Waals surface area contributed by atoms with E-state index in [4.69, 9.17) is 14.6 Å². The van der Waals surface area contributed by atoms with Crippen molar-refractivity contribution in [1.82, 2.24) is 19.6 Å². The maximum Gasteiger partial charge on any atom is 0.409 e. The molecule has 0 spiro atoms. The Kier molecular flexibility index (Phi) is 9.35. The standard InChI is InChI=1S/C25H31N5O3S.ClH.H2O/c1-4-28(5-2)12-13-30-20-8-7-19(26-10-11-29-14-15-33-25(29)31)24-22(20)23(27-30)18-16-17(32-3)6-9-21(18)34-24;;/h6-9,16,26H,4-5,10-15H2,1-3H3;1H;1H2. The third kappa shape index (κ3) is 5.22. The largest absolute Gasteiger partial charge is 0.497 e. The second kappa shape index (κ2) is 12.1. The minimum atomic E-state index is -0.229. The number of nitrogens with one attached hydrogen (secondary N) is 1. The number of hydrogen-bond donors (Lipinski definition) is 1. The number of rotatable bonds is 10. The molecule has 0 unspecified atom stereocenters. The fraction of sp³-hybridized carbons (Fsp3) is 0.440. The van der Waals surface area contributed by atoms with Gasteiger partial charge in [0.25, 0.3) is 0 Å². The summed E-state index contributed by atoms with van der Waals surface area (Å²) in [6.07, 6.45) is -0.229. The molecule has 0 radical (unpaired) electrons. The molecule has 0 atom stereocenters. The highest BCUT2D eigenvalue weighted by molar-refractivity contribution is 8.00. The van der Waals surface area contributed by atoms with Gasteiger partial charge in [0.15, 0.2) is 0 Å². The molecule has 9 nitrogen and oxygen atoms in total. The van der Waals surface area contributed by atoms with Gasteiger partial charge >= 0.3 is 6.09 Å². The normalized spacial score (nSPS) is 13.8. The molecular weight excluding hydrogens is 502 g/mol. The van der Waals surface area contributed by atoms with Crippen molar-refractivity contribution < 1.29 is 19.7 Å². The predicted octanol–water partition coefficient (Wildman–Crippen LogP) is 3.98. The molecule has 2 aliphatic rings. The summed E-state index contributed by atoms with van der Waals surface area (Å²) in [4.78, 5) is 18.3. The summed E-state index contributed by atoms with van der Waals surface area (Å²) < 4.78 is 12.7. The SMILES string of the molecule is CCN(CC)CCn1nc2c3c(c(NCCN4CCOC4=O)ccc31)Sc1ccc(OC)cc1-2.Cl.O. The molecule has 3 aromatic rings. The van der Waals surface area contributed by atoms with Gasteiger partial charge in [-0.15, -0.1) is 12.4 Å². The number of methoxy groups -OCH3 is 1. The molecule has 5 rings (SSSR count). The molecule has 1 amide bonds. The number of ether oxygens (including phenoxy) is 2. The molecule has 1 fully saturated rings. The van der Waals surface area contributed by atoms with Gasteiger partial charge in [0.05, 0.1) is 25.7 Å². The zero-order valence-electron chi connectivity index (χ0n) is 20.9. The summed E-state index contributed by atoms with van der Waals surface area (Å²) in [6, 6.07) is 10.5. The van der Waals surface area contributed by atoms with Crippen LogP contribution >= 0.6 is 24.2 Å². The number of nitrogens with zero attached hydrogens (tertiary/aromatic N) is 4. The summed E-state index contributed by atoms with van der Waals surface area (Å²) in [6.45, 7) is 10.7. The van der Waals surface area contributed by atoms with Crippen molar-refractivity contribution in [1.29, 1.82) is 0 Å². The minimum absolute atomic E-state index is 0. The van der Waals surface area contributed by atoms with Gasteiger partial charge in [-0.05, 0) is 43.4 Å². The second-order valence-corrected chi connectivity index (χ2v) is 9.48. The summed E-state index contributed by atoms with van der Waals surface area (Å²) in [5.74, 6) is 0.834. The molecule has 3 N–H and O–H groups in total. The van der Waals surface area contributed by atoms with E-state index in [-0.39, 0.29) is 24.0 Å². The highest BCUT2D eigenvalue weighted by Crippen LogP contribution is 2.51. The summed E-state index contributed by atoms with van der Waals surface area (Å²) in [5, 5.41) is 9.83. The van der Waals surface area contributed by atoms with E-state index in [1.165, 1.54) is 15.2 Å². The van der Waals surface area contributed by atoms with Crippen LogP contribution in [0.3, 0.4) is 0 Å². The maximum absolute atomic E-state index is 11.8. The third-order valence-corrected chi connectivity index (χ3v) is 7.79. The van der Waals surface area contributed by atoms with E-state index < -0.39 is 0 Å². The number of anilines is 1. The summed E-state index contributed by atoms with van der Waals surface area (Å²) in [7, 11) is 1.70. The molecule has 3 heterocycles. The van der Waals surface area contributed by atoms with Gasteiger partial charge in [-0.2, -0.15) is 5.10 Å². The van der Waals surface area contributed by atoms with Crippen LogP contribution in [0.2, 0.25) is 0 Å². The first kappa shape index (κ1) is 27.9. The van der Waals surface area contributed by atoms with Crippen molar-refractivity contribution >= 4 is 46.9 Å². The molecule has 36 heavy (non-hydrogen) atoms. The molecule has 0 bridgehead atoms. The molecule has 0 saturated carbocycles. The molecule has 0 aliphatic carbocycles. The highest BCUT2D eigenvalue weighted by atomic mass is 35.5. The van der Waals surface area contributed by atoms with E-state index in [1.54, 1.807) is 23.8 Å². The Morgan fingerprint density at radius 2 is 2.00 bits per heavy atom. The molecule has 11 heteroatoms. The van der Waals surface area contributed by atoms with Crippen LogP contribution in [0.25, 0.3) is 22.2 Å². The van der Waals surface area contributed by atoms with Crippen LogP contribution in [0.4, 0.5) is 10.5 Å². The molecule has 1 aromatic heterocycles. The summed E-state index contributed by atoms with van der Waals surface area (Å²) in [5.41, 5.74) is 4.33. The van der Waals surface area contributed by atoms with Crippen molar-refractivity contribution in [3.05, 3.63) is 30.3 Å². The molecule has 2 aliphatic heterocycles. The van der Waals surface area contributed by atoms with Crippen molar-refractivity contribution in [3.8, 4) is 17.0 Å². The highest BCUT2D eigenvalue weighted by Gasteiger charge is 2.27. The average molecular weight is 536 g/mol. The van der Waals surface area contributed by atoms with Crippen LogP contribution in [0.5, 0.6) is 5.75 Å². The van der Waals surface area contributed by atoms with Gasteiger partial charge < -0.3 is 30.1 Å². The monoisotopic (exact) mass is 535 g/mol. The smallest absolute Gasteiger partial charge is 0.409 e. The van der Waals surface area contributed by atoms with E-state index in [1.807, 2.05) is 6.07 Å². The molecule has 1 saturated heterocycles. The number of carbonyl (C=O) groups is 1. The first-order valence-corrected chi connectivity index (χ1v) is 12.7. The predicted molar refractivity (Wildman–Crippen MR) is 146 cm³/mol. The topological polar surface area (TPSA) is 103 Å². The van der Waals surface area contributed by atoms with Crippen LogP contribution in [-0.2, 0) is 11.3 Å². The fourth-order valence-electron chi connectivity index (χ4n) is 4.60. The van der Waals surface area contributed by atoms with Gasteiger partial charge in [0, 0.05) is 46.1 Å². The Hall–Kier alpha value is -2.66. The lowest BCUT2D eigenvalue weighted by Gasteiger charge is -2.20. The van der Waals surface area contributed by atoms with E-state index in [9.17, 15) is 4.79 Å². The van der Waals surface area contributed by atoms with E-state index >= 15 is 0 Å². The average Bonchev–Trinajstić information content (AvgIpc) is 3.45. The molecule has 2 aromatic carbocycles. The molecular formula is C25H34ClN5O4S. The number of fused-ring (bicyclic) bond motifs is 2. The Labute approximate surface area is 221 Å². The van der Waals surface area contributed by atoms with Crippen molar-refractivity contribution in [2.75, 3.05) is 58.3 Å². The van der Waals surface area contributed by atoms with Crippen LogP contribution in [0.15, 0.2) is 40.1 Å². The summed E-state index contributed by atoms with van der Waals surface area (Å²) >= 11 is 1.76. The van der Waals surface area contributed by atoms with Gasteiger partial charge in [0.1, 0.15) is 18.1 Å². The zero-order valence-corrected chi connectivity index (χ0v) is 22.5. The van der Waals surface area contributed by atoms with Gasteiger partial charge in [-0.3, -0.25) is 4.68 Å². The van der Waals surface area contributed by atoms with Crippen LogP contribution in [0.1, 0.15) is 13.8 Å². The number of amides is 1. The Morgan fingerprint density at radius 3 is 2.69 bits per heavy atom. The van der Waals surface area contributed by atoms with E-state index in [2.05, 4.69) is 53.0 Å². The second-order valence-electron chi connectivity index (χ2n) is 8.43. The number of carbonyl (C=O) groups excluding carboxylic acids is 1. The van der Waals surface area contributed by atoms with Crippen molar-refractivity contribution in [2.45, 2.75) is 30.2 Å². The van der Waals surface area contributed by atoms with E-state index in [0.29, 0.717) is 26.2 Å². The number of cyclic esters (lactones) is 1. The molecule has 196 valence electrons. The first-order valence-electron chi connectivity index (χ1n) is 11.9. The number of benzene rings is 2. The number of hydrogen-bond acceptors (Lipinski definition) is 7. The van der Waals surface area contributed by atoms with Crippen molar-refractivity contribution in [3.63, 3.8) is 0 Å². The van der Waals surface area contributed by atoms with Crippen LogP contribution in [0, 0.1) is 0 Å². The number of halogens is 1. The first-order chi connectivity index (χ1) is 16.6. The van der Waals surface area contributed by atoms with Crippen LogP contribution in [-0.4, -0.2) is 84.1 Å². The third-order valence-electron chi connectivity index (χ3n) is 6.59. The van der Waals surface area contributed by atoms with E-state index in [0.717, 1.165) is 54.4 Å². The fourth-order valence-corrected chi connectivity index (χ4v) is 5.77. The lowest BCUT2D eigenvalue weighted by Crippen LogP contribution is -2.29. The Morgan fingerprint density at radius 1 is 1.19 bits per heavy atom. The van der Waals surface area contributed by atoms with Gasteiger partial charge in [0.2, 0.25) is 0 Å². The van der Waals surface area contributed by atoms with Crippen LogP contribution < -0.4 is 10.1 Å².